The number of likely N-dealkylation sites (tertiary alicyclic amines) is 1. The van der Waals surface area contributed by atoms with E-state index in [4.69, 9.17) is 5.73 Å². The lowest BCUT2D eigenvalue weighted by Crippen LogP contribution is -2.53. The number of hydrogen-bond donors (Lipinski definition) is 2. The molecule has 3 unspecified atom stereocenters. The number of nitrogens with two attached hydrogens (primary N) is 1. The van der Waals surface area contributed by atoms with Gasteiger partial charge in [0.1, 0.15) is 0 Å². The number of amides is 1. The van der Waals surface area contributed by atoms with Crippen LogP contribution in [0, 0.1) is 11.8 Å². The predicted molar refractivity (Wildman–Crippen MR) is 102 cm³/mol. The fourth-order valence-electron chi connectivity index (χ4n) is 4.37. The minimum atomic E-state index is -0.334. The molecule has 138 valence electrons. The molecule has 1 saturated carbocycles. The average Bonchev–Trinajstić information content (AvgIpc) is 3.06. The van der Waals surface area contributed by atoms with Crippen LogP contribution >= 0.6 is 0 Å². The Labute approximate surface area is 152 Å². The van der Waals surface area contributed by atoms with Gasteiger partial charge >= 0.3 is 0 Å². The maximum absolute atomic E-state index is 12.6. The van der Waals surface area contributed by atoms with Crippen molar-refractivity contribution >= 4 is 5.91 Å². The van der Waals surface area contributed by atoms with Crippen LogP contribution in [0.2, 0.25) is 0 Å². The first-order valence-electron chi connectivity index (χ1n) is 9.87. The molecule has 0 spiro atoms. The molecular weight excluding hydrogens is 310 g/mol. The number of rotatable bonds is 6. The van der Waals surface area contributed by atoms with Gasteiger partial charge in [0.15, 0.2) is 0 Å². The summed E-state index contributed by atoms with van der Waals surface area (Å²) in [4.78, 5) is 15.1. The Morgan fingerprint density at radius 2 is 2.08 bits per heavy atom. The largest absolute Gasteiger partial charge is 0.355 e. The third-order valence-electron chi connectivity index (χ3n) is 6.07. The zero-order chi connectivity index (χ0) is 17.7. The van der Waals surface area contributed by atoms with Crippen LogP contribution in [-0.4, -0.2) is 42.5 Å². The van der Waals surface area contributed by atoms with Gasteiger partial charge < -0.3 is 16.0 Å². The van der Waals surface area contributed by atoms with Crippen LogP contribution in [0.1, 0.15) is 44.6 Å². The van der Waals surface area contributed by atoms with Gasteiger partial charge in [0.2, 0.25) is 5.91 Å². The highest BCUT2D eigenvalue weighted by Crippen LogP contribution is 2.31. The van der Waals surface area contributed by atoms with Crippen LogP contribution in [0.4, 0.5) is 0 Å². The Bertz CT molecular complexity index is 558. The van der Waals surface area contributed by atoms with Gasteiger partial charge in [-0.2, -0.15) is 0 Å². The summed E-state index contributed by atoms with van der Waals surface area (Å²) in [6.07, 6.45) is 6.46. The Kier molecular flexibility index (Phi) is 6.13. The molecule has 3 atom stereocenters. The van der Waals surface area contributed by atoms with Crippen LogP contribution < -0.4 is 11.1 Å². The molecule has 1 aromatic rings. The van der Waals surface area contributed by atoms with Gasteiger partial charge in [-0.3, -0.25) is 4.79 Å². The minimum Gasteiger partial charge on any atom is -0.355 e. The van der Waals surface area contributed by atoms with Crippen molar-refractivity contribution in [3.05, 3.63) is 35.9 Å². The third kappa shape index (κ3) is 5.05. The summed E-state index contributed by atoms with van der Waals surface area (Å²) in [6, 6.07) is 10.7. The quantitative estimate of drug-likeness (QED) is 0.835. The minimum absolute atomic E-state index is 0.0168. The summed E-state index contributed by atoms with van der Waals surface area (Å²) in [6.45, 7) is 6.19. The van der Waals surface area contributed by atoms with E-state index in [-0.39, 0.29) is 17.4 Å². The highest BCUT2D eigenvalue weighted by Gasteiger charge is 2.37. The highest BCUT2D eigenvalue weighted by atomic mass is 16.1. The smallest absolute Gasteiger partial charge is 0.224 e. The summed E-state index contributed by atoms with van der Waals surface area (Å²) in [5.74, 6) is 0.733. The molecule has 1 amide bonds. The van der Waals surface area contributed by atoms with Crippen molar-refractivity contribution in [1.82, 2.24) is 10.2 Å². The van der Waals surface area contributed by atoms with Crippen LogP contribution in [0.5, 0.6) is 0 Å². The van der Waals surface area contributed by atoms with E-state index in [0.29, 0.717) is 5.92 Å². The second kappa shape index (κ2) is 8.33. The Hall–Kier alpha value is -1.39. The Balaban J connectivity index is 1.39. The van der Waals surface area contributed by atoms with Gasteiger partial charge in [-0.25, -0.2) is 0 Å². The molecule has 0 bridgehead atoms. The number of benzene rings is 1. The van der Waals surface area contributed by atoms with Crippen LogP contribution in [-0.2, 0) is 11.2 Å². The molecule has 3 N–H and O–H groups in total. The lowest BCUT2D eigenvalue weighted by molar-refractivity contribution is -0.128. The molecule has 1 saturated heterocycles. The van der Waals surface area contributed by atoms with E-state index in [9.17, 15) is 4.79 Å². The Morgan fingerprint density at radius 1 is 1.28 bits per heavy atom. The van der Waals surface area contributed by atoms with E-state index in [1.165, 1.54) is 12.0 Å². The third-order valence-corrected chi connectivity index (χ3v) is 6.07. The predicted octanol–water partition coefficient (Wildman–Crippen LogP) is 2.57. The van der Waals surface area contributed by atoms with Gasteiger partial charge in [-0.1, -0.05) is 43.2 Å². The molecule has 2 fully saturated rings. The normalized spacial score (nSPS) is 30.3. The zero-order valence-corrected chi connectivity index (χ0v) is 15.5. The van der Waals surface area contributed by atoms with Crippen molar-refractivity contribution in [2.75, 3.05) is 26.2 Å². The van der Waals surface area contributed by atoms with E-state index in [1.807, 2.05) is 6.92 Å². The zero-order valence-electron chi connectivity index (χ0n) is 15.5. The molecule has 0 aromatic heterocycles. The van der Waals surface area contributed by atoms with E-state index in [2.05, 4.69) is 40.5 Å². The van der Waals surface area contributed by atoms with E-state index in [0.717, 1.165) is 58.3 Å². The molecule has 1 aliphatic carbocycles. The molecule has 0 radical (unpaired) electrons. The van der Waals surface area contributed by atoms with E-state index in [1.54, 1.807) is 0 Å². The standard InChI is InChI=1S/C21H33N3O/c1-21(22)12-6-5-9-19(21)20(25)23-15-18-11-14-24(16-18)13-10-17-7-3-2-4-8-17/h2-4,7-8,18-19H,5-6,9-16,22H2,1H3,(H,23,25). The van der Waals surface area contributed by atoms with Gasteiger partial charge in [-0.05, 0) is 50.6 Å². The van der Waals surface area contributed by atoms with Crippen molar-refractivity contribution in [2.24, 2.45) is 17.6 Å². The first-order valence-corrected chi connectivity index (χ1v) is 9.87. The summed E-state index contributed by atoms with van der Waals surface area (Å²) < 4.78 is 0. The monoisotopic (exact) mass is 343 g/mol. The number of nitrogens with zero attached hydrogens (tertiary/aromatic N) is 1. The van der Waals surface area contributed by atoms with Gasteiger partial charge in [0, 0.05) is 25.2 Å². The summed E-state index contributed by atoms with van der Waals surface area (Å²) in [5, 5.41) is 3.20. The summed E-state index contributed by atoms with van der Waals surface area (Å²) >= 11 is 0. The van der Waals surface area contributed by atoms with Crippen molar-refractivity contribution in [3.8, 4) is 0 Å². The van der Waals surface area contributed by atoms with Crippen LogP contribution in [0.15, 0.2) is 30.3 Å². The van der Waals surface area contributed by atoms with Gasteiger partial charge in [0.25, 0.3) is 0 Å². The fourth-order valence-corrected chi connectivity index (χ4v) is 4.37. The first kappa shape index (κ1) is 18.4. The van der Waals surface area contributed by atoms with Crippen molar-refractivity contribution in [2.45, 2.75) is 51.0 Å². The Morgan fingerprint density at radius 3 is 2.84 bits per heavy atom. The van der Waals surface area contributed by atoms with Crippen molar-refractivity contribution in [1.29, 1.82) is 0 Å². The maximum Gasteiger partial charge on any atom is 0.224 e. The molecule has 1 aromatic carbocycles. The topological polar surface area (TPSA) is 58.4 Å². The molecule has 1 aliphatic heterocycles. The fraction of sp³-hybridized carbons (Fsp3) is 0.667. The summed E-state index contributed by atoms with van der Waals surface area (Å²) in [7, 11) is 0. The lowest BCUT2D eigenvalue weighted by Gasteiger charge is -2.37. The second-order valence-electron chi connectivity index (χ2n) is 8.24. The summed E-state index contributed by atoms with van der Waals surface area (Å²) in [5.41, 5.74) is 7.42. The van der Waals surface area contributed by atoms with Gasteiger partial charge in [0.05, 0.1) is 5.92 Å². The highest BCUT2D eigenvalue weighted by molar-refractivity contribution is 5.80. The molecule has 3 rings (SSSR count). The number of nitrogens with one attached hydrogen (secondary N) is 1. The SMILES string of the molecule is CC1(N)CCCCC1C(=O)NCC1CCN(CCc2ccccc2)C1. The van der Waals surface area contributed by atoms with Crippen LogP contribution in [0.25, 0.3) is 0 Å². The lowest BCUT2D eigenvalue weighted by atomic mass is 9.74. The molecule has 4 heteroatoms. The van der Waals surface area contributed by atoms with Crippen molar-refractivity contribution in [3.63, 3.8) is 0 Å². The second-order valence-corrected chi connectivity index (χ2v) is 8.24. The first-order chi connectivity index (χ1) is 12.0. The number of carbonyl (C=O) groups excluding carboxylic acids is 1. The maximum atomic E-state index is 12.6. The molecular formula is C21H33N3O. The number of hydrogen-bond acceptors (Lipinski definition) is 3. The molecule has 4 nitrogen and oxygen atoms in total. The average molecular weight is 344 g/mol. The molecule has 2 aliphatic rings. The van der Waals surface area contributed by atoms with E-state index >= 15 is 0 Å². The van der Waals surface area contributed by atoms with Crippen LogP contribution in [0.3, 0.4) is 0 Å². The van der Waals surface area contributed by atoms with Gasteiger partial charge in [-0.15, -0.1) is 0 Å². The molecule has 1 heterocycles. The number of carbonyl (C=O) groups is 1. The molecule has 25 heavy (non-hydrogen) atoms. The van der Waals surface area contributed by atoms with E-state index < -0.39 is 0 Å². The van der Waals surface area contributed by atoms with Crippen molar-refractivity contribution < 1.29 is 4.79 Å².